The van der Waals surface area contributed by atoms with E-state index in [1.807, 2.05) is 31.2 Å². The summed E-state index contributed by atoms with van der Waals surface area (Å²) >= 11 is 0. The minimum atomic E-state index is -1.05. The average Bonchev–Trinajstić information content (AvgIpc) is 2.25. The van der Waals surface area contributed by atoms with Crippen LogP contribution in [0.25, 0.3) is 0 Å². The summed E-state index contributed by atoms with van der Waals surface area (Å²) in [5.74, 6) is -1.98. The molecular formula is C11H13N3O2. The van der Waals surface area contributed by atoms with E-state index in [-0.39, 0.29) is 0 Å². The number of amides is 2. The van der Waals surface area contributed by atoms with Crippen LogP contribution in [0.5, 0.6) is 0 Å². The summed E-state index contributed by atoms with van der Waals surface area (Å²) in [7, 11) is 0. The Morgan fingerprint density at radius 3 is 2.62 bits per heavy atom. The Bertz CT molecular complexity index is 452. The highest BCUT2D eigenvalue weighted by molar-refractivity contribution is 6.34. The van der Waals surface area contributed by atoms with Crippen molar-refractivity contribution in [1.82, 2.24) is 5.43 Å². The van der Waals surface area contributed by atoms with E-state index in [4.69, 9.17) is 5.73 Å². The van der Waals surface area contributed by atoms with Crippen molar-refractivity contribution in [2.45, 2.75) is 13.8 Å². The van der Waals surface area contributed by atoms with E-state index < -0.39 is 11.8 Å². The Kier molecular flexibility index (Phi) is 3.77. The predicted molar refractivity (Wildman–Crippen MR) is 60.7 cm³/mol. The monoisotopic (exact) mass is 219 g/mol. The molecule has 0 aliphatic rings. The summed E-state index contributed by atoms with van der Waals surface area (Å²) in [6.45, 7) is 3.69. The molecule has 0 aromatic heterocycles. The summed E-state index contributed by atoms with van der Waals surface area (Å²) < 4.78 is 0. The molecule has 0 bridgehead atoms. The highest BCUT2D eigenvalue weighted by Gasteiger charge is 2.06. The summed E-state index contributed by atoms with van der Waals surface area (Å²) in [4.78, 5) is 21.3. The second-order valence-electron chi connectivity index (χ2n) is 3.37. The molecular weight excluding hydrogens is 206 g/mol. The largest absolute Gasteiger partial charge is 0.361 e. The van der Waals surface area contributed by atoms with Crippen LogP contribution < -0.4 is 11.2 Å². The lowest BCUT2D eigenvalue weighted by atomic mass is 10.1. The van der Waals surface area contributed by atoms with Crippen molar-refractivity contribution in [2.75, 3.05) is 0 Å². The highest BCUT2D eigenvalue weighted by Crippen LogP contribution is 2.04. The first-order valence-corrected chi connectivity index (χ1v) is 4.72. The van der Waals surface area contributed by atoms with Gasteiger partial charge in [-0.05, 0) is 19.4 Å². The molecule has 5 nitrogen and oxygen atoms in total. The van der Waals surface area contributed by atoms with Gasteiger partial charge in [0.15, 0.2) is 0 Å². The van der Waals surface area contributed by atoms with E-state index in [2.05, 4.69) is 10.5 Å². The lowest BCUT2D eigenvalue weighted by Gasteiger charge is -2.02. The third kappa shape index (κ3) is 3.20. The van der Waals surface area contributed by atoms with Gasteiger partial charge in [0, 0.05) is 0 Å². The number of benzene rings is 1. The van der Waals surface area contributed by atoms with Gasteiger partial charge in [-0.3, -0.25) is 9.59 Å². The van der Waals surface area contributed by atoms with Crippen molar-refractivity contribution < 1.29 is 9.59 Å². The SMILES string of the molecule is CC(=NNC(=O)C(N)=O)c1cccc(C)c1. The van der Waals surface area contributed by atoms with Gasteiger partial charge in [0.25, 0.3) is 0 Å². The van der Waals surface area contributed by atoms with Gasteiger partial charge in [-0.1, -0.05) is 29.8 Å². The molecule has 1 rings (SSSR count). The molecule has 1 aromatic carbocycles. The van der Waals surface area contributed by atoms with Gasteiger partial charge >= 0.3 is 11.8 Å². The van der Waals surface area contributed by atoms with Crippen molar-refractivity contribution in [3.8, 4) is 0 Å². The van der Waals surface area contributed by atoms with Gasteiger partial charge in [-0.25, -0.2) is 5.43 Å². The number of hydrazone groups is 1. The second kappa shape index (κ2) is 5.06. The molecule has 3 N–H and O–H groups in total. The van der Waals surface area contributed by atoms with Gasteiger partial charge in [-0.2, -0.15) is 5.10 Å². The highest BCUT2D eigenvalue weighted by atomic mass is 16.2. The average molecular weight is 219 g/mol. The molecule has 0 unspecified atom stereocenters. The molecule has 0 saturated carbocycles. The van der Waals surface area contributed by atoms with Crippen molar-refractivity contribution in [2.24, 2.45) is 10.8 Å². The van der Waals surface area contributed by atoms with Crippen LogP contribution in [0.3, 0.4) is 0 Å². The van der Waals surface area contributed by atoms with Crippen LogP contribution in [0.2, 0.25) is 0 Å². The zero-order valence-electron chi connectivity index (χ0n) is 9.15. The lowest BCUT2D eigenvalue weighted by molar-refractivity contribution is -0.137. The fraction of sp³-hybridized carbons (Fsp3) is 0.182. The summed E-state index contributed by atoms with van der Waals surface area (Å²) in [6.07, 6.45) is 0. The Morgan fingerprint density at radius 2 is 2.06 bits per heavy atom. The number of primary amides is 1. The molecule has 0 fully saturated rings. The maximum Gasteiger partial charge on any atom is 0.329 e. The van der Waals surface area contributed by atoms with Crippen molar-refractivity contribution in [1.29, 1.82) is 0 Å². The minimum Gasteiger partial charge on any atom is -0.361 e. The Morgan fingerprint density at radius 1 is 1.38 bits per heavy atom. The lowest BCUT2D eigenvalue weighted by Crippen LogP contribution is -2.33. The quantitative estimate of drug-likeness (QED) is 0.426. The molecule has 0 spiro atoms. The van der Waals surface area contributed by atoms with Gasteiger partial charge < -0.3 is 5.73 Å². The third-order valence-corrected chi connectivity index (χ3v) is 1.98. The molecule has 16 heavy (non-hydrogen) atoms. The van der Waals surface area contributed by atoms with Crippen LogP contribution in [-0.2, 0) is 9.59 Å². The maximum absolute atomic E-state index is 10.9. The summed E-state index contributed by atoms with van der Waals surface area (Å²) in [5, 5.41) is 3.77. The summed E-state index contributed by atoms with van der Waals surface area (Å²) in [5.41, 5.74) is 9.42. The first-order valence-electron chi connectivity index (χ1n) is 4.72. The normalized spacial score (nSPS) is 11.0. The fourth-order valence-corrected chi connectivity index (χ4v) is 1.12. The Balaban J connectivity index is 2.78. The standard InChI is InChI=1S/C11H13N3O2/c1-7-4-3-5-9(6-7)8(2)13-14-11(16)10(12)15/h3-6H,1-2H3,(H2,12,15)(H,14,16). The molecule has 0 atom stereocenters. The molecule has 1 aromatic rings. The first-order chi connectivity index (χ1) is 7.50. The molecule has 0 radical (unpaired) electrons. The van der Waals surface area contributed by atoms with Crippen LogP contribution in [-0.4, -0.2) is 17.5 Å². The zero-order valence-corrected chi connectivity index (χ0v) is 9.15. The number of rotatable bonds is 2. The van der Waals surface area contributed by atoms with Crippen LogP contribution in [0.4, 0.5) is 0 Å². The van der Waals surface area contributed by atoms with Crippen molar-refractivity contribution in [3.63, 3.8) is 0 Å². The first kappa shape index (κ1) is 11.9. The molecule has 0 heterocycles. The van der Waals surface area contributed by atoms with E-state index in [9.17, 15) is 9.59 Å². The Hall–Kier alpha value is -2.17. The number of nitrogens with two attached hydrogens (primary N) is 1. The zero-order chi connectivity index (χ0) is 12.1. The van der Waals surface area contributed by atoms with E-state index in [1.165, 1.54) is 0 Å². The Labute approximate surface area is 93.3 Å². The van der Waals surface area contributed by atoms with Crippen LogP contribution in [0.1, 0.15) is 18.1 Å². The molecule has 2 amide bonds. The van der Waals surface area contributed by atoms with E-state index in [0.29, 0.717) is 5.71 Å². The van der Waals surface area contributed by atoms with Crippen molar-refractivity contribution >= 4 is 17.5 Å². The number of hydrogen-bond acceptors (Lipinski definition) is 3. The number of hydrogen-bond donors (Lipinski definition) is 2. The molecule has 5 heteroatoms. The number of carbonyl (C=O) groups is 2. The minimum absolute atomic E-state index is 0.610. The summed E-state index contributed by atoms with van der Waals surface area (Å²) in [6, 6.07) is 7.63. The fourth-order valence-electron chi connectivity index (χ4n) is 1.12. The molecule has 0 aliphatic carbocycles. The molecule has 0 aliphatic heterocycles. The van der Waals surface area contributed by atoms with E-state index in [0.717, 1.165) is 11.1 Å². The van der Waals surface area contributed by atoms with Gasteiger partial charge in [0.05, 0.1) is 5.71 Å². The van der Waals surface area contributed by atoms with Crippen LogP contribution >= 0.6 is 0 Å². The van der Waals surface area contributed by atoms with Crippen LogP contribution in [0.15, 0.2) is 29.4 Å². The number of nitrogens with zero attached hydrogens (tertiary/aromatic N) is 1. The topological polar surface area (TPSA) is 84.6 Å². The smallest absolute Gasteiger partial charge is 0.329 e. The molecule has 84 valence electrons. The molecule has 0 saturated heterocycles. The predicted octanol–water partition coefficient (Wildman–Crippen LogP) is 0.321. The van der Waals surface area contributed by atoms with Gasteiger partial charge in [-0.15, -0.1) is 0 Å². The van der Waals surface area contributed by atoms with E-state index >= 15 is 0 Å². The van der Waals surface area contributed by atoms with Gasteiger partial charge in [0.1, 0.15) is 0 Å². The number of aryl methyl sites for hydroxylation is 1. The second-order valence-corrected chi connectivity index (χ2v) is 3.37. The van der Waals surface area contributed by atoms with Gasteiger partial charge in [0.2, 0.25) is 0 Å². The van der Waals surface area contributed by atoms with Crippen LogP contribution in [0, 0.1) is 6.92 Å². The number of carbonyl (C=O) groups excluding carboxylic acids is 2. The van der Waals surface area contributed by atoms with Crippen molar-refractivity contribution in [3.05, 3.63) is 35.4 Å². The maximum atomic E-state index is 10.9. The van der Waals surface area contributed by atoms with E-state index in [1.54, 1.807) is 6.92 Å². The number of nitrogens with one attached hydrogen (secondary N) is 1. The third-order valence-electron chi connectivity index (χ3n) is 1.98.